The van der Waals surface area contributed by atoms with Crippen molar-refractivity contribution in [2.75, 3.05) is 6.16 Å². The second kappa shape index (κ2) is 9.19. The van der Waals surface area contributed by atoms with Gasteiger partial charge in [0.2, 0.25) is 0 Å². The average molecular weight is 361 g/mol. The Morgan fingerprint density at radius 3 is 1.04 bits per heavy atom. The molecule has 23 heavy (non-hydrogen) atoms. The van der Waals surface area contributed by atoms with Gasteiger partial charge in [-0.3, -0.25) is 0 Å². The molecule has 0 aromatic heterocycles. The van der Waals surface area contributed by atoms with Crippen molar-refractivity contribution >= 4 is 33.1 Å². The van der Waals surface area contributed by atoms with E-state index in [4.69, 9.17) is 0 Å². The fourth-order valence-electron chi connectivity index (χ4n) is 3.04. The van der Waals surface area contributed by atoms with Gasteiger partial charge in [-0.05, 0) is 43.3 Å². The molecule has 0 nitrogen and oxygen atoms in total. The molecule has 3 aromatic carbocycles. The third-order valence-corrected chi connectivity index (χ3v) is 8.55. The molecule has 3 rings (SSSR count). The minimum atomic E-state index is -1.53. The number of hydrogen-bond acceptors (Lipinski definition) is 0. The standard InChI is InChI=1S/C20H20P.ClH.H3P/c1-2-21(18-12-6-3-7-13-18,19-14-8-4-9-15-19)20-16-10-5-11-17-20;;/h3-17H,2H2,1H3;1H;1H3/q+1;;/p-1. The van der Waals surface area contributed by atoms with E-state index in [-0.39, 0.29) is 22.3 Å². The normalized spacial score (nSPS) is 10.3. The van der Waals surface area contributed by atoms with Gasteiger partial charge in [0, 0.05) is 0 Å². The average Bonchev–Trinajstić information content (AvgIpc) is 2.59. The zero-order valence-electron chi connectivity index (χ0n) is 13.4. The minimum Gasteiger partial charge on any atom is -1.00 e. The van der Waals surface area contributed by atoms with Crippen LogP contribution in [0.4, 0.5) is 0 Å². The van der Waals surface area contributed by atoms with Gasteiger partial charge in [0.05, 0.1) is 6.16 Å². The Labute approximate surface area is 149 Å². The fourth-order valence-corrected chi connectivity index (χ4v) is 7.08. The third-order valence-electron chi connectivity index (χ3n) is 4.07. The second-order valence-electron chi connectivity index (χ2n) is 5.13. The Balaban J connectivity index is 0.00000132. The van der Waals surface area contributed by atoms with Gasteiger partial charge in [-0.25, -0.2) is 0 Å². The number of benzene rings is 3. The lowest BCUT2D eigenvalue weighted by molar-refractivity contribution is -0.00000424. The fraction of sp³-hybridized carbons (Fsp3) is 0.100. The summed E-state index contributed by atoms with van der Waals surface area (Å²) in [6.07, 6.45) is 1.14. The molecule has 0 aliphatic carbocycles. The first-order chi connectivity index (χ1) is 10.4. The van der Waals surface area contributed by atoms with Crippen LogP contribution in [-0.4, -0.2) is 6.16 Å². The summed E-state index contributed by atoms with van der Waals surface area (Å²) in [6.45, 7) is 2.32. The van der Waals surface area contributed by atoms with Crippen LogP contribution in [0.15, 0.2) is 91.0 Å². The van der Waals surface area contributed by atoms with E-state index in [1.54, 1.807) is 0 Å². The Morgan fingerprint density at radius 2 is 0.826 bits per heavy atom. The van der Waals surface area contributed by atoms with Crippen LogP contribution in [0.2, 0.25) is 0 Å². The van der Waals surface area contributed by atoms with Gasteiger partial charge in [0.1, 0.15) is 23.2 Å². The van der Waals surface area contributed by atoms with Crippen LogP contribution < -0.4 is 28.3 Å². The molecule has 0 fully saturated rings. The SMILES string of the molecule is CC[P+](c1ccccc1)(c1ccccc1)c1ccccc1.P.[Cl-]. The van der Waals surface area contributed by atoms with Gasteiger partial charge in [-0.2, -0.15) is 9.90 Å². The molecular formula is C20H23ClP2. The zero-order chi connectivity index (χ0) is 14.5. The number of hydrogen-bond donors (Lipinski definition) is 0. The lowest BCUT2D eigenvalue weighted by atomic mass is 10.4. The summed E-state index contributed by atoms with van der Waals surface area (Å²) < 4.78 is 0. The van der Waals surface area contributed by atoms with Gasteiger partial charge >= 0.3 is 0 Å². The third kappa shape index (κ3) is 3.84. The van der Waals surface area contributed by atoms with E-state index < -0.39 is 7.26 Å². The van der Waals surface area contributed by atoms with Crippen LogP contribution in [0.25, 0.3) is 0 Å². The lowest BCUT2D eigenvalue weighted by Crippen LogP contribution is -3.00. The molecule has 1 atom stereocenters. The van der Waals surface area contributed by atoms with Crippen LogP contribution in [-0.2, 0) is 0 Å². The maximum absolute atomic E-state index is 2.32. The summed E-state index contributed by atoms with van der Waals surface area (Å²) in [4.78, 5) is 0. The molecule has 120 valence electrons. The first kappa shape index (κ1) is 19.9. The highest BCUT2D eigenvalue weighted by Crippen LogP contribution is 2.54. The Hall–Kier alpha value is -1.19. The van der Waals surface area contributed by atoms with E-state index in [1.807, 2.05) is 0 Å². The summed E-state index contributed by atoms with van der Waals surface area (Å²) in [7, 11) is -1.53. The first-order valence-electron chi connectivity index (χ1n) is 7.43. The lowest BCUT2D eigenvalue weighted by Gasteiger charge is -2.26. The van der Waals surface area contributed by atoms with Crippen molar-refractivity contribution in [1.82, 2.24) is 0 Å². The summed E-state index contributed by atoms with van der Waals surface area (Å²) in [5.74, 6) is 0. The topological polar surface area (TPSA) is 0 Å². The van der Waals surface area contributed by atoms with E-state index in [9.17, 15) is 0 Å². The molecule has 0 amide bonds. The van der Waals surface area contributed by atoms with Crippen molar-refractivity contribution in [3.05, 3.63) is 91.0 Å². The highest BCUT2D eigenvalue weighted by atomic mass is 35.5. The molecule has 0 aliphatic rings. The maximum atomic E-state index is 2.32. The Kier molecular flexibility index (Phi) is 7.93. The molecule has 0 aliphatic heterocycles. The molecule has 0 N–H and O–H groups in total. The predicted molar refractivity (Wildman–Crippen MR) is 107 cm³/mol. The van der Waals surface area contributed by atoms with Gasteiger partial charge in [0.25, 0.3) is 0 Å². The van der Waals surface area contributed by atoms with Crippen molar-refractivity contribution < 1.29 is 12.4 Å². The highest BCUT2D eigenvalue weighted by molar-refractivity contribution is 7.95. The van der Waals surface area contributed by atoms with Crippen LogP contribution in [0.5, 0.6) is 0 Å². The van der Waals surface area contributed by atoms with E-state index in [0.717, 1.165) is 6.16 Å². The molecule has 0 bridgehead atoms. The van der Waals surface area contributed by atoms with E-state index in [1.165, 1.54) is 15.9 Å². The Morgan fingerprint density at radius 1 is 0.565 bits per heavy atom. The van der Waals surface area contributed by atoms with Gasteiger partial charge in [0.15, 0.2) is 0 Å². The van der Waals surface area contributed by atoms with E-state index in [0.29, 0.717) is 0 Å². The number of rotatable bonds is 4. The van der Waals surface area contributed by atoms with Gasteiger partial charge in [-0.1, -0.05) is 54.6 Å². The monoisotopic (exact) mass is 360 g/mol. The van der Waals surface area contributed by atoms with E-state index >= 15 is 0 Å². The first-order valence-corrected chi connectivity index (χ1v) is 9.40. The second-order valence-corrected chi connectivity index (χ2v) is 8.93. The molecule has 0 saturated heterocycles. The van der Waals surface area contributed by atoms with Crippen LogP contribution >= 0.6 is 17.2 Å². The molecule has 3 heteroatoms. The summed E-state index contributed by atoms with van der Waals surface area (Å²) in [6, 6.07) is 33.0. The maximum Gasteiger partial charge on any atom is 0.111 e. The summed E-state index contributed by atoms with van der Waals surface area (Å²) in [5.41, 5.74) is 0. The Bertz CT molecular complexity index is 588. The summed E-state index contributed by atoms with van der Waals surface area (Å²) in [5, 5.41) is 4.39. The molecule has 0 radical (unpaired) electrons. The molecule has 0 heterocycles. The quantitative estimate of drug-likeness (QED) is 0.610. The number of halogens is 1. The smallest absolute Gasteiger partial charge is 0.111 e. The van der Waals surface area contributed by atoms with Gasteiger partial charge in [-0.15, -0.1) is 0 Å². The predicted octanol–water partition coefficient (Wildman–Crippen LogP) is 1.06. The summed E-state index contributed by atoms with van der Waals surface area (Å²) >= 11 is 0. The molecule has 1 unspecified atom stereocenters. The molecule has 0 spiro atoms. The molecular weight excluding hydrogens is 338 g/mol. The highest BCUT2D eigenvalue weighted by Gasteiger charge is 2.43. The largest absolute Gasteiger partial charge is 1.00 e. The van der Waals surface area contributed by atoms with Crippen LogP contribution in [0, 0.1) is 0 Å². The van der Waals surface area contributed by atoms with Crippen molar-refractivity contribution in [3.8, 4) is 0 Å². The van der Waals surface area contributed by atoms with E-state index in [2.05, 4.69) is 97.9 Å². The molecule has 0 saturated carbocycles. The minimum absolute atomic E-state index is 0. The van der Waals surface area contributed by atoms with Crippen molar-refractivity contribution in [2.45, 2.75) is 6.92 Å². The van der Waals surface area contributed by atoms with Crippen molar-refractivity contribution in [3.63, 3.8) is 0 Å². The van der Waals surface area contributed by atoms with Gasteiger partial charge < -0.3 is 12.4 Å². The zero-order valence-corrected chi connectivity index (χ0v) is 16.5. The molecule has 3 aromatic rings. The van der Waals surface area contributed by atoms with Crippen molar-refractivity contribution in [1.29, 1.82) is 0 Å². The van der Waals surface area contributed by atoms with Crippen LogP contribution in [0.1, 0.15) is 6.92 Å². The van der Waals surface area contributed by atoms with Crippen LogP contribution in [0.3, 0.4) is 0 Å². The van der Waals surface area contributed by atoms with Crippen molar-refractivity contribution in [2.24, 2.45) is 0 Å².